The summed E-state index contributed by atoms with van der Waals surface area (Å²) in [7, 11) is 3.82. The number of carbonyl (C=O) groups excluding carboxylic acids is 1. The van der Waals surface area contributed by atoms with Crippen LogP contribution in [0.3, 0.4) is 0 Å². The molecule has 0 aliphatic carbocycles. The molecular formula is C13H27N3O3. The Bertz CT molecular complexity index is 276. The fourth-order valence-corrected chi connectivity index (χ4v) is 2.30. The van der Waals surface area contributed by atoms with Crippen LogP contribution < -0.4 is 10.6 Å². The van der Waals surface area contributed by atoms with E-state index >= 15 is 0 Å². The van der Waals surface area contributed by atoms with Crippen LogP contribution in [0.4, 0.5) is 0 Å². The number of ether oxygens (including phenoxy) is 1. The molecule has 3 N–H and O–H groups in total. The fraction of sp³-hybridized carbons (Fsp3) is 0.923. The number of hydrogen-bond donors (Lipinski definition) is 3. The van der Waals surface area contributed by atoms with Gasteiger partial charge in [-0.05, 0) is 33.9 Å². The van der Waals surface area contributed by atoms with Crippen molar-refractivity contribution < 1.29 is 14.6 Å². The summed E-state index contributed by atoms with van der Waals surface area (Å²) in [5, 5.41) is 16.0. The third-order valence-corrected chi connectivity index (χ3v) is 3.03. The van der Waals surface area contributed by atoms with Gasteiger partial charge in [0.2, 0.25) is 5.91 Å². The summed E-state index contributed by atoms with van der Waals surface area (Å²) in [5.41, 5.74) is -0.831. The van der Waals surface area contributed by atoms with Gasteiger partial charge in [0.25, 0.3) is 0 Å². The van der Waals surface area contributed by atoms with Crippen LogP contribution >= 0.6 is 0 Å². The SMILES string of the molecule is CN(C)CC(C)(O)CNCC(=O)NC1CCOCC1. The third kappa shape index (κ3) is 7.47. The van der Waals surface area contributed by atoms with E-state index in [0.717, 1.165) is 26.1 Å². The molecule has 0 aromatic heterocycles. The van der Waals surface area contributed by atoms with E-state index < -0.39 is 5.60 Å². The number of nitrogens with one attached hydrogen (secondary N) is 2. The normalized spacial score (nSPS) is 20.3. The maximum absolute atomic E-state index is 11.7. The van der Waals surface area contributed by atoms with Gasteiger partial charge in [-0.2, -0.15) is 0 Å². The van der Waals surface area contributed by atoms with Gasteiger partial charge in [-0.15, -0.1) is 0 Å². The lowest BCUT2D eigenvalue weighted by Crippen LogP contribution is -2.49. The molecule has 0 spiro atoms. The van der Waals surface area contributed by atoms with Crippen molar-refractivity contribution in [3.8, 4) is 0 Å². The first kappa shape index (κ1) is 16.4. The van der Waals surface area contributed by atoms with Crippen LogP contribution in [-0.4, -0.2) is 74.5 Å². The zero-order valence-electron chi connectivity index (χ0n) is 12.2. The second kappa shape index (κ2) is 7.79. The van der Waals surface area contributed by atoms with Gasteiger partial charge >= 0.3 is 0 Å². The third-order valence-electron chi connectivity index (χ3n) is 3.03. The van der Waals surface area contributed by atoms with Gasteiger partial charge in [0, 0.05) is 32.3 Å². The van der Waals surface area contributed by atoms with Crippen molar-refractivity contribution in [2.24, 2.45) is 0 Å². The van der Waals surface area contributed by atoms with E-state index in [9.17, 15) is 9.90 Å². The second-order valence-corrected chi connectivity index (χ2v) is 5.79. The lowest BCUT2D eigenvalue weighted by molar-refractivity contribution is -0.121. The molecule has 1 rings (SSSR count). The lowest BCUT2D eigenvalue weighted by atomic mass is 10.1. The summed E-state index contributed by atoms with van der Waals surface area (Å²) in [4.78, 5) is 13.6. The predicted molar refractivity (Wildman–Crippen MR) is 74.0 cm³/mol. The molecule has 6 nitrogen and oxygen atoms in total. The molecule has 1 aliphatic rings. The fourth-order valence-electron chi connectivity index (χ4n) is 2.30. The van der Waals surface area contributed by atoms with Crippen molar-refractivity contribution in [1.82, 2.24) is 15.5 Å². The van der Waals surface area contributed by atoms with Crippen LogP contribution in [0.15, 0.2) is 0 Å². The number of likely N-dealkylation sites (N-methyl/N-ethyl adjacent to an activating group) is 1. The molecular weight excluding hydrogens is 246 g/mol. The average Bonchev–Trinajstić information content (AvgIpc) is 2.28. The summed E-state index contributed by atoms with van der Waals surface area (Å²) < 4.78 is 5.24. The first-order valence-electron chi connectivity index (χ1n) is 6.84. The maximum Gasteiger partial charge on any atom is 0.234 e. The number of hydrogen-bond acceptors (Lipinski definition) is 5. The van der Waals surface area contributed by atoms with Crippen molar-refractivity contribution in [3.63, 3.8) is 0 Å². The molecule has 112 valence electrons. The van der Waals surface area contributed by atoms with E-state index in [1.807, 2.05) is 19.0 Å². The topological polar surface area (TPSA) is 73.8 Å². The van der Waals surface area contributed by atoms with Crippen molar-refractivity contribution in [2.75, 3.05) is 46.9 Å². The summed E-state index contributed by atoms with van der Waals surface area (Å²) in [6.45, 7) is 4.39. The molecule has 19 heavy (non-hydrogen) atoms. The molecule has 1 amide bonds. The molecule has 1 saturated heterocycles. The highest BCUT2D eigenvalue weighted by molar-refractivity contribution is 5.78. The maximum atomic E-state index is 11.7. The predicted octanol–water partition coefficient (Wildman–Crippen LogP) is -0.816. The Kier molecular flexibility index (Phi) is 6.71. The van der Waals surface area contributed by atoms with Gasteiger partial charge in [-0.3, -0.25) is 4.79 Å². The number of nitrogens with zero attached hydrogens (tertiary/aromatic N) is 1. The highest BCUT2D eigenvalue weighted by atomic mass is 16.5. The first-order chi connectivity index (χ1) is 8.89. The van der Waals surface area contributed by atoms with Crippen LogP contribution in [0.5, 0.6) is 0 Å². The van der Waals surface area contributed by atoms with Crippen molar-refractivity contribution in [1.29, 1.82) is 0 Å². The minimum absolute atomic E-state index is 0.0208. The largest absolute Gasteiger partial charge is 0.388 e. The summed E-state index contributed by atoms with van der Waals surface area (Å²) in [5.74, 6) is -0.0208. The number of amides is 1. The van der Waals surface area contributed by atoms with Gasteiger partial charge in [0.05, 0.1) is 12.1 Å². The van der Waals surface area contributed by atoms with Gasteiger partial charge in [-0.25, -0.2) is 0 Å². The smallest absolute Gasteiger partial charge is 0.234 e. The van der Waals surface area contributed by atoms with Crippen LogP contribution in [0, 0.1) is 0 Å². The van der Waals surface area contributed by atoms with Crippen LogP contribution in [0.25, 0.3) is 0 Å². The minimum atomic E-state index is -0.831. The molecule has 1 unspecified atom stereocenters. The zero-order valence-corrected chi connectivity index (χ0v) is 12.2. The second-order valence-electron chi connectivity index (χ2n) is 5.79. The van der Waals surface area contributed by atoms with Crippen molar-refractivity contribution >= 4 is 5.91 Å². The standard InChI is InChI=1S/C13H27N3O3/c1-13(18,10-16(2)3)9-14-8-12(17)15-11-4-6-19-7-5-11/h11,14,18H,4-10H2,1-3H3,(H,15,17). The Morgan fingerprint density at radius 3 is 2.63 bits per heavy atom. The van der Waals surface area contributed by atoms with E-state index in [1.54, 1.807) is 6.92 Å². The summed E-state index contributed by atoms with van der Waals surface area (Å²) in [6.07, 6.45) is 1.76. The van der Waals surface area contributed by atoms with Gasteiger partial charge in [-0.1, -0.05) is 0 Å². The minimum Gasteiger partial charge on any atom is -0.388 e. The van der Waals surface area contributed by atoms with E-state index in [2.05, 4.69) is 10.6 Å². The molecule has 0 aromatic carbocycles. The zero-order chi connectivity index (χ0) is 14.3. The Labute approximate surface area is 115 Å². The molecule has 0 aromatic rings. The Hall–Kier alpha value is -0.690. The highest BCUT2D eigenvalue weighted by Crippen LogP contribution is 2.05. The molecule has 1 heterocycles. The molecule has 1 fully saturated rings. The summed E-state index contributed by atoms with van der Waals surface area (Å²) in [6, 6.07) is 0.227. The highest BCUT2D eigenvalue weighted by Gasteiger charge is 2.21. The van der Waals surface area contributed by atoms with Gasteiger partial charge in [0.15, 0.2) is 0 Å². The van der Waals surface area contributed by atoms with Gasteiger partial charge in [0.1, 0.15) is 0 Å². The Morgan fingerprint density at radius 2 is 2.05 bits per heavy atom. The molecule has 1 aliphatic heterocycles. The number of carbonyl (C=O) groups is 1. The number of aliphatic hydroxyl groups is 1. The molecule has 0 saturated carbocycles. The van der Waals surface area contributed by atoms with E-state index in [1.165, 1.54) is 0 Å². The summed E-state index contributed by atoms with van der Waals surface area (Å²) >= 11 is 0. The van der Waals surface area contributed by atoms with Crippen LogP contribution in [0.1, 0.15) is 19.8 Å². The number of rotatable bonds is 7. The Balaban J connectivity index is 2.15. The Morgan fingerprint density at radius 1 is 1.42 bits per heavy atom. The first-order valence-corrected chi connectivity index (χ1v) is 6.84. The van der Waals surface area contributed by atoms with Crippen LogP contribution in [0.2, 0.25) is 0 Å². The van der Waals surface area contributed by atoms with Crippen molar-refractivity contribution in [2.45, 2.75) is 31.4 Å². The molecule has 0 radical (unpaired) electrons. The quantitative estimate of drug-likeness (QED) is 0.565. The van der Waals surface area contributed by atoms with Crippen molar-refractivity contribution in [3.05, 3.63) is 0 Å². The molecule has 1 atom stereocenters. The van der Waals surface area contributed by atoms with E-state index in [0.29, 0.717) is 13.1 Å². The van der Waals surface area contributed by atoms with E-state index in [-0.39, 0.29) is 18.5 Å². The lowest BCUT2D eigenvalue weighted by Gasteiger charge is -2.27. The average molecular weight is 273 g/mol. The van der Waals surface area contributed by atoms with Gasteiger partial charge < -0.3 is 25.4 Å². The van der Waals surface area contributed by atoms with E-state index in [4.69, 9.17) is 4.74 Å². The monoisotopic (exact) mass is 273 g/mol. The van der Waals surface area contributed by atoms with Crippen LogP contribution in [-0.2, 0) is 9.53 Å². The molecule has 0 bridgehead atoms. The molecule has 6 heteroatoms.